The fourth-order valence-electron chi connectivity index (χ4n) is 1.70. The van der Waals surface area contributed by atoms with Crippen LogP contribution in [-0.4, -0.2) is 5.11 Å². The van der Waals surface area contributed by atoms with E-state index in [0.29, 0.717) is 5.56 Å². The molecule has 4 heteroatoms. The van der Waals surface area contributed by atoms with Gasteiger partial charge in [0.1, 0.15) is 23.6 Å². The Morgan fingerprint density at radius 1 is 0.944 bits per heavy atom. The van der Waals surface area contributed by atoms with Crippen LogP contribution < -0.4 is 0 Å². The van der Waals surface area contributed by atoms with Crippen molar-refractivity contribution in [2.75, 3.05) is 0 Å². The Balaban J connectivity index is 2.42. The van der Waals surface area contributed by atoms with Gasteiger partial charge in [-0.25, -0.2) is 13.2 Å². The van der Waals surface area contributed by atoms with Crippen LogP contribution in [0.15, 0.2) is 36.4 Å². The number of rotatable bonds is 2. The summed E-state index contributed by atoms with van der Waals surface area (Å²) in [7, 11) is 0. The minimum Gasteiger partial charge on any atom is -0.384 e. The minimum absolute atomic E-state index is 0.162. The van der Waals surface area contributed by atoms with Gasteiger partial charge in [-0.1, -0.05) is 12.1 Å². The highest BCUT2D eigenvalue weighted by Gasteiger charge is 2.17. The van der Waals surface area contributed by atoms with Crippen LogP contribution in [0.5, 0.6) is 0 Å². The van der Waals surface area contributed by atoms with Gasteiger partial charge in [-0.05, 0) is 42.3 Å². The number of hydrogen-bond donors (Lipinski definition) is 1. The minimum atomic E-state index is -1.32. The Bertz CT molecular complexity index is 564. The molecule has 0 spiro atoms. The monoisotopic (exact) mass is 252 g/mol. The lowest BCUT2D eigenvalue weighted by Gasteiger charge is -2.13. The molecule has 0 heterocycles. The normalized spacial score (nSPS) is 12.5. The summed E-state index contributed by atoms with van der Waals surface area (Å²) in [6.45, 7) is 1.44. The first-order chi connectivity index (χ1) is 8.49. The second kappa shape index (κ2) is 4.82. The largest absolute Gasteiger partial charge is 0.384 e. The quantitative estimate of drug-likeness (QED) is 0.867. The SMILES string of the molecule is Cc1cc(F)c(C(O)c2ccc(F)cc2)cc1F. The van der Waals surface area contributed by atoms with Gasteiger partial charge in [-0.15, -0.1) is 0 Å². The number of aliphatic hydroxyl groups is 1. The predicted octanol–water partition coefficient (Wildman–Crippen LogP) is 3.49. The molecular formula is C14H11F3O. The van der Waals surface area contributed by atoms with Gasteiger partial charge in [-0.2, -0.15) is 0 Å². The molecule has 1 N–H and O–H groups in total. The molecule has 0 radical (unpaired) electrons. The molecule has 0 amide bonds. The summed E-state index contributed by atoms with van der Waals surface area (Å²) in [6.07, 6.45) is -1.32. The fraction of sp³-hybridized carbons (Fsp3) is 0.143. The second-order valence-corrected chi connectivity index (χ2v) is 4.08. The number of aliphatic hydroxyl groups excluding tert-OH is 1. The summed E-state index contributed by atoms with van der Waals surface area (Å²) in [5.74, 6) is -1.74. The molecule has 0 aliphatic rings. The van der Waals surface area contributed by atoms with Crippen molar-refractivity contribution in [2.45, 2.75) is 13.0 Å². The van der Waals surface area contributed by atoms with Crippen LogP contribution in [0.3, 0.4) is 0 Å². The maximum Gasteiger partial charge on any atom is 0.129 e. The van der Waals surface area contributed by atoms with E-state index in [9.17, 15) is 18.3 Å². The third-order valence-corrected chi connectivity index (χ3v) is 2.76. The molecule has 1 unspecified atom stereocenters. The van der Waals surface area contributed by atoms with Crippen LogP contribution in [0, 0.1) is 24.4 Å². The van der Waals surface area contributed by atoms with Crippen LogP contribution in [0.4, 0.5) is 13.2 Å². The van der Waals surface area contributed by atoms with Gasteiger partial charge < -0.3 is 5.11 Å². The predicted molar refractivity (Wildman–Crippen MR) is 61.6 cm³/mol. The highest BCUT2D eigenvalue weighted by Crippen LogP contribution is 2.26. The van der Waals surface area contributed by atoms with E-state index in [0.717, 1.165) is 24.3 Å². The van der Waals surface area contributed by atoms with E-state index in [-0.39, 0.29) is 11.1 Å². The average Bonchev–Trinajstić information content (AvgIpc) is 2.34. The van der Waals surface area contributed by atoms with Crippen LogP contribution in [0.25, 0.3) is 0 Å². The molecule has 0 fully saturated rings. The highest BCUT2D eigenvalue weighted by atomic mass is 19.1. The van der Waals surface area contributed by atoms with Crippen molar-refractivity contribution in [2.24, 2.45) is 0 Å². The Morgan fingerprint density at radius 3 is 2.17 bits per heavy atom. The van der Waals surface area contributed by atoms with Gasteiger partial charge in [0, 0.05) is 5.56 Å². The maximum absolute atomic E-state index is 13.6. The second-order valence-electron chi connectivity index (χ2n) is 4.08. The molecule has 1 nitrogen and oxygen atoms in total. The number of benzene rings is 2. The number of aryl methyl sites for hydroxylation is 1. The first-order valence-electron chi connectivity index (χ1n) is 5.38. The fourth-order valence-corrected chi connectivity index (χ4v) is 1.70. The van der Waals surface area contributed by atoms with Crippen LogP contribution in [-0.2, 0) is 0 Å². The molecule has 0 aliphatic heterocycles. The van der Waals surface area contributed by atoms with Gasteiger partial charge in [0.05, 0.1) is 0 Å². The van der Waals surface area contributed by atoms with Gasteiger partial charge in [0.2, 0.25) is 0 Å². The van der Waals surface area contributed by atoms with Gasteiger partial charge in [0.25, 0.3) is 0 Å². The molecule has 2 rings (SSSR count). The zero-order valence-electron chi connectivity index (χ0n) is 9.62. The van der Waals surface area contributed by atoms with Crippen molar-refractivity contribution in [3.05, 3.63) is 70.5 Å². The summed E-state index contributed by atoms with van der Waals surface area (Å²) in [5, 5.41) is 9.95. The third kappa shape index (κ3) is 2.38. The average molecular weight is 252 g/mol. The molecule has 0 saturated heterocycles. The summed E-state index contributed by atoms with van der Waals surface area (Å²) >= 11 is 0. The van der Waals surface area contributed by atoms with E-state index in [1.165, 1.54) is 19.1 Å². The molecule has 0 aliphatic carbocycles. The van der Waals surface area contributed by atoms with Crippen molar-refractivity contribution < 1.29 is 18.3 Å². The molecule has 0 aromatic heterocycles. The first-order valence-corrected chi connectivity index (χ1v) is 5.38. The summed E-state index contributed by atoms with van der Waals surface area (Å²) in [4.78, 5) is 0. The standard InChI is InChI=1S/C14H11F3O/c1-8-6-13(17)11(7-12(8)16)14(18)9-2-4-10(15)5-3-9/h2-7,14,18H,1H3. The molecule has 2 aromatic carbocycles. The number of hydrogen-bond acceptors (Lipinski definition) is 1. The Morgan fingerprint density at radius 2 is 1.56 bits per heavy atom. The van der Waals surface area contributed by atoms with Gasteiger partial charge >= 0.3 is 0 Å². The third-order valence-electron chi connectivity index (χ3n) is 2.76. The van der Waals surface area contributed by atoms with Crippen LogP contribution >= 0.6 is 0 Å². The van der Waals surface area contributed by atoms with Crippen molar-refractivity contribution >= 4 is 0 Å². The van der Waals surface area contributed by atoms with E-state index in [1.807, 2.05) is 0 Å². The van der Waals surface area contributed by atoms with Crippen molar-refractivity contribution in [3.63, 3.8) is 0 Å². The summed E-state index contributed by atoms with van der Waals surface area (Å²) < 4.78 is 39.7. The lowest BCUT2D eigenvalue weighted by molar-refractivity contribution is 0.214. The van der Waals surface area contributed by atoms with E-state index in [2.05, 4.69) is 0 Å². The lowest BCUT2D eigenvalue weighted by Crippen LogP contribution is -2.04. The molecule has 2 aromatic rings. The van der Waals surface area contributed by atoms with Gasteiger partial charge in [0.15, 0.2) is 0 Å². The first kappa shape index (κ1) is 12.6. The highest BCUT2D eigenvalue weighted by molar-refractivity contribution is 5.33. The maximum atomic E-state index is 13.6. The molecule has 94 valence electrons. The van der Waals surface area contributed by atoms with E-state index in [1.54, 1.807) is 0 Å². The summed E-state index contributed by atoms with van der Waals surface area (Å²) in [5.41, 5.74) is 0.311. The molecule has 1 atom stereocenters. The van der Waals surface area contributed by atoms with Gasteiger partial charge in [-0.3, -0.25) is 0 Å². The van der Waals surface area contributed by atoms with Crippen LogP contribution in [0.1, 0.15) is 22.8 Å². The Labute approximate surface area is 103 Å². The molecule has 18 heavy (non-hydrogen) atoms. The van der Waals surface area contributed by atoms with E-state index < -0.39 is 23.6 Å². The summed E-state index contributed by atoms with van der Waals surface area (Å²) in [6, 6.07) is 6.95. The van der Waals surface area contributed by atoms with Crippen molar-refractivity contribution in [3.8, 4) is 0 Å². The number of halogens is 3. The van der Waals surface area contributed by atoms with E-state index >= 15 is 0 Å². The zero-order chi connectivity index (χ0) is 13.3. The van der Waals surface area contributed by atoms with E-state index in [4.69, 9.17) is 0 Å². The molecule has 0 saturated carbocycles. The Hall–Kier alpha value is -1.81. The van der Waals surface area contributed by atoms with Crippen LogP contribution in [0.2, 0.25) is 0 Å². The smallest absolute Gasteiger partial charge is 0.129 e. The molecular weight excluding hydrogens is 241 g/mol. The van der Waals surface area contributed by atoms with Crippen molar-refractivity contribution in [1.29, 1.82) is 0 Å². The molecule has 0 bridgehead atoms. The lowest BCUT2D eigenvalue weighted by atomic mass is 9.99. The topological polar surface area (TPSA) is 20.2 Å². The van der Waals surface area contributed by atoms with Crippen molar-refractivity contribution in [1.82, 2.24) is 0 Å². The Kier molecular flexibility index (Phi) is 3.39. The zero-order valence-corrected chi connectivity index (χ0v) is 9.62.